The predicted molar refractivity (Wildman–Crippen MR) is 140 cm³/mol. The molecule has 0 saturated carbocycles. The summed E-state index contributed by atoms with van der Waals surface area (Å²) in [6.45, 7) is 10.1. The number of nitrogens with zero attached hydrogens (tertiary/aromatic N) is 1. The first-order chi connectivity index (χ1) is 16.7. The molecule has 1 amide bonds. The van der Waals surface area contributed by atoms with Crippen LogP contribution in [0.25, 0.3) is 0 Å². The van der Waals surface area contributed by atoms with E-state index in [1.54, 1.807) is 12.1 Å². The third-order valence-electron chi connectivity index (χ3n) is 6.45. The summed E-state index contributed by atoms with van der Waals surface area (Å²) in [5.41, 5.74) is 3.28. The zero-order valence-corrected chi connectivity index (χ0v) is 21.5. The highest BCUT2D eigenvalue weighted by molar-refractivity contribution is 5.79. The monoisotopic (exact) mass is 480 g/mol. The molecule has 1 heterocycles. The molecule has 0 bridgehead atoms. The van der Waals surface area contributed by atoms with Crippen LogP contribution in [-0.4, -0.2) is 36.2 Å². The molecule has 1 fully saturated rings. The van der Waals surface area contributed by atoms with Crippen LogP contribution in [-0.2, 0) is 16.0 Å². The molecule has 0 aromatic heterocycles. The normalized spacial score (nSPS) is 15.7. The molecule has 0 aliphatic carbocycles. The molecule has 3 rings (SSSR count). The molecule has 1 saturated heterocycles. The van der Waals surface area contributed by atoms with Crippen molar-refractivity contribution in [3.05, 3.63) is 59.7 Å². The fraction of sp³-hybridized carbons (Fsp3) is 0.517. The predicted octanol–water partition coefficient (Wildman–Crippen LogP) is 5.61. The van der Waals surface area contributed by atoms with Crippen LogP contribution in [0.2, 0.25) is 0 Å². The SMILES string of the molecule is CC(C)CC(NC(=O)Cc1ccc(OC(C(=O)O)C(C)C)cc1)c1ccccc1N1CCCCC1. The van der Waals surface area contributed by atoms with E-state index >= 15 is 0 Å². The fourth-order valence-electron chi connectivity index (χ4n) is 4.67. The van der Waals surface area contributed by atoms with Gasteiger partial charge >= 0.3 is 5.97 Å². The summed E-state index contributed by atoms with van der Waals surface area (Å²) >= 11 is 0. The lowest BCUT2D eigenvalue weighted by Crippen LogP contribution is -2.34. The largest absolute Gasteiger partial charge is 0.478 e. The number of rotatable bonds is 11. The molecule has 2 atom stereocenters. The number of ether oxygens (including phenoxy) is 1. The number of aliphatic carboxylic acids is 1. The Balaban J connectivity index is 1.69. The summed E-state index contributed by atoms with van der Waals surface area (Å²) in [7, 11) is 0. The molecule has 0 radical (unpaired) electrons. The summed E-state index contributed by atoms with van der Waals surface area (Å²) in [6.07, 6.45) is 3.92. The van der Waals surface area contributed by atoms with Gasteiger partial charge in [0.05, 0.1) is 12.5 Å². The van der Waals surface area contributed by atoms with E-state index in [2.05, 4.69) is 48.3 Å². The lowest BCUT2D eigenvalue weighted by molar-refractivity contribution is -0.147. The van der Waals surface area contributed by atoms with Crippen molar-refractivity contribution in [3.63, 3.8) is 0 Å². The third kappa shape index (κ3) is 7.74. The maximum atomic E-state index is 13.1. The van der Waals surface area contributed by atoms with Gasteiger partial charge in [0.25, 0.3) is 0 Å². The van der Waals surface area contributed by atoms with Gasteiger partial charge in [0.15, 0.2) is 6.10 Å². The molecule has 0 spiro atoms. The van der Waals surface area contributed by atoms with Crippen molar-refractivity contribution in [3.8, 4) is 5.75 Å². The Hall–Kier alpha value is -3.02. The van der Waals surface area contributed by atoms with Crippen LogP contribution in [0, 0.1) is 11.8 Å². The molecular weight excluding hydrogens is 440 g/mol. The molecule has 2 N–H and O–H groups in total. The highest BCUT2D eigenvalue weighted by atomic mass is 16.5. The maximum absolute atomic E-state index is 13.1. The number of hydrogen-bond donors (Lipinski definition) is 2. The van der Waals surface area contributed by atoms with Gasteiger partial charge in [-0.3, -0.25) is 4.79 Å². The number of benzene rings is 2. The number of piperidine rings is 1. The molecular formula is C29H40N2O4. The van der Waals surface area contributed by atoms with Crippen LogP contribution >= 0.6 is 0 Å². The second-order valence-corrected chi connectivity index (χ2v) is 10.3. The molecule has 190 valence electrons. The van der Waals surface area contributed by atoms with Crippen LogP contribution < -0.4 is 15.0 Å². The molecule has 2 unspecified atom stereocenters. The molecule has 35 heavy (non-hydrogen) atoms. The Kier molecular flexibility index (Phi) is 9.58. The second-order valence-electron chi connectivity index (χ2n) is 10.3. The van der Waals surface area contributed by atoms with E-state index in [9.17, 15) is 14.7 Å². The lowest BCUT2D eigenvalue weighted by Gasteiger charge is -2.33. The quantitative estimate of drug-likeness (QED) is 0.437. The summed E-state index contributed by atoms with van der Waals surface area (Å²) < 4.78 is 5.63. The number of carboxylic acids is 1. The van der Waals surface area contributed by atoms with Crippen molar-refractivity contribution >= 4 is 17.6 Å². The zero-order chi connectivity index (χ0) is 25.4. The molecule has 6 heteroatoms. The number of carbonyl (C=O) groups is 2. The molecule has 1 aliphatic heterocycles. The molecule has 2 aromatic rings. The maximum Gasteiger partial charge on any atom is 0.345 e. The Morgan fingerprint density at radius 3 is 2.23 bits per heavy atom. The average Bonchev–Trinajstić information content (AvgIpc) is 2.83. The first-order valence-electron chi connectivity index (χ1n) is 12.9. The van der Waals surface area contributed by atoms with Gasteiger partial charge in [-0.2, -0.15) is 0 Å². The van der Waals surface area contributed by atoms with Crippen LogP contribution in [0.3, 0.4) is 0 Å². The average molecular weight is 481 g/mol. The van der Waals surface area contributed by atoms with E-state index in [1.807, 2.05) is 26.0 Å². The van der Waals surface area contributed by atoms with E-state index in [0.29, 0.717) is 11.7 Å². The number of nitrogens with one attached hydrogen (secondary N) is 1. The molecule has 6 nitrogen and oxygen atoms in total. The van der Waals surface area contributed by atoms with E-state index in [-0.39, 0.29) is 24.3 Å². The highest BCUT2D eigenvalue weighted by Gasteiger charge is 2.24. The summed E-state index contributed by atoms with van der Waals surface area (Å²) in [6, 6.07) is 15.5. The fourth-order valence-corrected chi connectivity index (χ4v) is 4.67. The van der Waals surface area contributed by atoms with Crippen molar-refractivity contribution in [2.75, 3.05) is 18.0 Å². The minimum absolute atomic E-state index is 0.0247. The van der Waals surface area contributed by atoms with Gasteiger partial charge in [0, 0.05) is 24.7 Å². The number of carboxylic acid groups (broad SMARTS) is 1. The van der Waals surface area contributed by atoms with Crippen LogP contribution in [0.15, 0.2) is 48.5 Å². The number of amides is 1. The lowest BCUT2D eigenvalue weighted by atomic mass is 9.94. The Bertz CT molecular complexity index is 965. The third-order valence-corrected chi connectivity index (χ3v) is 6.45. The first-order valence-corrected chi connectivity index (χ1v) is 12.9. The summed E-state index contributed by atoms with van der Waals surface area (Å²) in [5, 5.41) is 12.6. The minimum atomic E-state index is -0.982. The number of anilines is 1. The van der Waals surface area contributed by atoms with E-state index < -0.39 is 12.1 Å². The van der Waals surface area contributed by atoms with Crippen molar-refractivity contribution in [2.45, 2.75) is 71.9 Å². The van der Waals surface area contributed by atoms with Gasteiger partial charge in [0.2, 0.25) is 5.91 Å². The minimum Gasteiger partial charge on any atom is -0.478 e. The Morgan fingerprint density at radius 2 is 1.63 bits per heavy atom. The van der Waals surface area contributed by atoms with Gasteiger partial charge < -0.3 is 20.1 Å². The molecule has 1 aliphatic rings. The molecule has 2 aromatic carbocycles. The van der Waals surface area contributed by atoms with E-state index in [1.165, 1.54) is 30.5 Å². The Morgan fingerprint density at radius 1 is 0.971 bits per heavy atom. The number of hydrogen-bond acceptors (Lipinski definition) is 4. The van der Waals surface area contributed by atoms with Crippen LogP contribution in [0.4, 0.5) is 5.69 Å². The summed E-state index contributed by atoms with van der Waals surface area (Å²) in [5.74, 6) is -0.228. The van der Waals surface area contributed by atoms with Crippen molar-refractivity contribution in [1.29, 1.82) is 0 Å². The van der Waals surface area contributed by atoms with Gasteiger partial charge in [0.1, 0.15) is 5.75 Å². The van der Waals surface area contributed by atoms with Gasteiger partial charge in [-0.1, -0.05) is 58.0 Å². The first kappa shape index (κ1) is 26.6. The van der Waals surface area contributed by atoms with E-state index in [4.69, 9.17) is 4.74 Å². The topological polar surface area (TPSA) is 78.9 Å². The smallest absolute Gasteiger partial charge is 0.345 e. The van der Waals surface area contributed by atoms with Gasteiger partial charge in [-0.25, -0.2) is 4.79 Å². The second kappa shape index (κ2) is 12.6. The zero-order valence-electron chi connectivity index (χ0n) is 21.5. The summed E-state index contributed by atoms with van der Waals surface area (Å²) in [4.78, 5) is 26.9. The van der Waals surface area contributed by atoms with Gasteiger partial charge in [-0.15, -0.1) is 0 Å². The van der Waals surface area contributed by atoms with Crippen LogP contribution in [0.1, 0.15) is 70.5 Å². The van der Waals surface area contributed by atoms with Crippen molar-refractivity contribution in [2.24, 2.45) is 11.8 Å². The standard InChI is InChI=1S/C29H40N2O4/c1-20(2)18-25(24-10-6-7-11-26(24)31-16-8-5-9-17-31)30-27(32)19-22-12-14-23(15-13-22)35-28(21(3)4)29(33)34/h6-7,10-15,20-21,25,28H,5,8-9,16-19H2,1-4H3,(H,30,32)(H,33,34). The number of para-hydroxylation sites is 1. The van der Waals surface area contributed by atoms with Crippen LogP contribution in [0.5, 0.6) is 5.75 Å². The number of carbonyl (C=O) groups excluding carboxylic acids is 1. The highest BCUT2D eigenvalue weighted by Crippen LogP contribution is 2.32. The van der Waals surface area contributed by atoms with Gasteiger partial charge in [-0.05, 0) is 60.9 Å². The van der Waals surface area contributed by atoms with E-state index in [0.717, 1.165) is 25.1 Å². The van der Waals surface area contributed by atoms with Crippen molar-refractivity contribution < 1.29 is 19.4 Å². The Labute approximate surface area is 209 Å². The van der Waals surface area contributed by atoms with Crippen molar-refractivity contribution in [1.82, 2.24) is 5.32 Å².